The van der Waals surface area contributed by atoms with Crippen molar-refractivity contribution in [1.29, 1.82) is 0 Å². The van der Waals surface area contributed by atoms with Crippen LogP contribution < -0.4 is 11.3 Å². The molecule has 1 heterocycles. The zero-order chi connectivity index (χ0) is 8.55. The van der Waals surface area contributed by atoms with Gasteiger partial charge in [0.25, 0.3) is 0 Å². The van der Waals surface area contributed by atoms with Gasteiger partial charge in [-0.15, -0.1) is 0 Å². The average Bonchev–Trinajstić information content (AvgIpc) is 2.40. The van der Waals surface area contributed by atoms with E-state index in [4.69, 9.17) is 10.6 Å². The molecule has 0 spiro atoms. The van der Waals surface area contributed by atoms with Gasteiger partial charge in [0.05, 0.1) is 0 Å². The van der Waals surface area contributed by atoms with E-state index in [2.05, 4.69) is 5.43 Å². The fraction of sp³-hybridized carbons (Fsp3) is 0.875. The number of carbonyl (C=O) groups excluding carboxylic acids is 1. The van der Waals surface area contributed by atoms with Crippen LogP contribution in [0.15, 0.2) is 0 Å². The van der Waals surface area contributed by atoms with Crippen LogP contribution in [0.1, 0.15) is 25.7 Å². The maximum atomic E-state index is 11.2. The first-order valence-corrected chi connectivity index (χ1v) is 4.49. The van der Waals surface area contributed by atoms with E-state index in [0.717, 1.165) is 12.8 Å². The first-order valence-electron chi connectivity index (χ1n) is 4.49. The number of esters is 1. The number of rotatable bonds is 1. The lowest BCUT2D eigenvalue weighted by atomic mass is 9.84. The van der Waals surface area contributed by atoms with E-state index in [1.165, 1.54) is 12.8 Å². The van der Waals surface area contributed by atoms with Gasteiger partial charge < -0.3 is 4.74 Å². The molecule has 3 atom stereocenters. The third-order valence-electron chi connectivity index (χ3n) is 2.88. The summed E-state index contributed by atoms with van der Waals surface area (Å²) in [6.45, 7) is 0. The molecule has 2 aliphatic rings. The SMILES string of the molecule is NNC1C(=O)OC2CCCCC21. The minimum atomic E-state index is -0.254. The van der Waals surface area contributed by atoms with Crippen LogP contribution in [0.2, 0.25) is 0 Å². The Hall–Kier alpha value is -0.610. The van der Waals surface area contributed by atoms with E-state index in [1.807, 2.05) is 0 Å². The molecule has 3 unspecified atom stereocenters. The van der Waals surface area contributed by atoms with E-state index in [1.54, 1.807) is 0 Å². The van der Waals surface area contributed by atoms with Crippen LogP contribution in [-0.4, -0.2) is 18.1 Å². The Balaban J connectivity index is 2.10. The molecule has 0 aromatic heterocycles. The molecule has 12 heavy (non-hydrogen) atoms. The Bertz CT molecular complexity index is 195. The number of fused-ring (bicyclic) bond motifs is 1. The molecule has 3 N–H and O–H groups in total. The van der Waals surface area contributed by atoms with Crippen LogP contribution in [0, 0.1) is 5.92 Å². The molecule has 1 saturated heterocycles. The van der Waals surface area contributed by atoms with Gasteiger partial charge in [0.15, 0.2) is 0 Å². The second kappa shape index (κ2) is 3.03. The van der Waals surface area contributed by atoms with E-state index in [9.17, 15) is 4.79 Å². The van der Waals surface area contributed by atoms with E-state index in [0.29, 0.717) is 5.92 Å². The number of ether oxygens (including phenoxy) is 1. The molecule has 1 saturated carbocycles. The number of hydrogen-bond donors (Lipinski definition) is 2. The molecule has 4 nitrogen and oxygen atoms in total. The molecule has 2 fully saturated rings. The Morgan fingerprint density at radius 1 is 1.42 bits per heavy atom. The van der Waals surface area contributed by atoms with Crippen molar-refractivity contribution < 1.29 is 9.53 Å². The van der Waals surface area contributed by atoms with E-state index < -0.39 is 0 Å². The standard InChI is InChI=1S/C8H14N2O2/c9-10-7-5-3-1-2-4-6(5)12-8(7)11/h5-7,10H,1-4,9H2. The van der Waals surface area contributed by atoms with Crippen molar-refractivity contribution >= 4 is 5.97 Å². The fourth-order valence-corrected chi connectivity index (χ4v) is 2.24. The highest BCUT2D eigenvalue weighted by Gasteiger charge is 2.44. The normalized spacial score (nSPS) is 40.8. The van der Waals surface area contributed by atoms with Gasteiger partial charge in [-0.3, -0.25) is 10.6 Å². The van der Waals surface area contributed by atoms with Gasteiger partial charge >= 0.3 is 5.97 Å². The van der Waals surface area contributed by atoms with Crippen LogP contribution in [0.4, 0.5) is 0 Å². The fourth-order valence-electron chi connectivity index (χ4n) is 2.24. The van der Waals surface area contributed by atoms with Gasteiger partial charge in [-0.1, -0.05) is 6.42 Å². The van der Waals surface area contributed by atoms with Crippen molar-refractivity contribution in [3.63, 3.8) is 0 Å². The lowest BCUT2D eigenvalue weighted by molar-refractivity contribution is -0.143. The number of hydrazine groups is 1. The Morgan fingerprint density at radius 3 is 2.92 bits per heavy atom. The largest absolute Gasteiger partial charge is 0.461 e. The van der Waals surface area contributed by atoms with Gasteiger partial charge in [0.2, 0.25) is 0 Å². The average molecular weight is 170 g/mol. The van der Waals surface area contributed by atoms with Gasteiger partial charge in [0, 0.05) is 5.92 Å². The number of nitrogens with one attached hydrogen (secondary N) is 1. The molecular formula is C8H14N2O2. The Morgan fingerprint density at radius 2 is 2.17 bits per heavy atom. The van der Waals surface area contributed by atoms with E-state index >= 15 is 0 Å². The van der Waals surface area contributed by atoms with Crippen molar-refractivity contribution in [1.82, 2.24) is 5.43 Å². The summed E-state index contributed by atoms with van der Waals surface area (Å²) in [7, 11) is 0. The zero-order valence-electron chi connectivity index (χ0n) is 6.95. The number of nitrogens with two attached hydrogens (primary N) is 1. The molecule has 0 bridgehead atoms. The number of hydrogen-bond acceptors (Lipinski definition) is 4. The summed E-state index contributed by atoms with van der Waals surface area (Å²) < 4.78 is 5.19. The molecule has 68 valence electrons. The van der Waals surface area contributed by atoms with Gasteiger partial charge in [-0.25, -0.2) is 5.43 Å². The minimum absolute atomic E-state index is 0.132. The summed E-state index contributed by atoms with van der Waals surface area (Å²) in [5.41, 5.74) is 2.54. The third-order valence-corrected chi connectivity index (χ3v) is 2.88. The van der Waals surface area contributed by atoms with E-state index in [-0.39, 0.29) is 18.1 Å². The van der Waals surface area contributed by atoms with Crippen molar-refractivity contribution in [3.8, 4) is 0 Å². The second-order valence-corrected chi connectivity index (χ2v) is 3.57. The predicted octanol–water partition coefficient (Wildman–Crippen LogP) is -0.0661. The van der Waals surface area contributed by atoms with Crippen molar-refractivity contribution in [2.75, 3.05) is 0 Å². The molecule has 1 aliphatic heterocycles. The number of carbonyl (C=O) groups is 1. The lowest BCUT2D eigenvalue weighted by Gasteiger charge is -2.24. The predicted molar refractivity (Wildman–Crippen MR) is 42.9 cm³/mol. The van der Waals surface area contributed by atoms with Crippen molar-refractivity contribution in [3.05, 3.63) is 0 Å². The summed E-state index contributed by atoms with van der Waals surface area (Å²) in [5.74, 6) is 5.42. The van der Waals surface area contributed by atoms with Crippen molar-refractivity contribution in [2.45, 2.75) is 37.8 Å². The molecule has 4 heteroatoms. The molecule has 0 aromatic carbocycles. The molecule has 0 amide bonds. The van der Waals surface area contributed by atoms with Crippen LogP contribution in [-0.2, 0) is 9.53 Å². The first kappa shape index (κ1) is 8.01. The zero-order valence-corrected chi connectivity index (χ0v) is 6.95. The van der Waals surface area contributed by atoms with Gasteiger partial charge in [-0.2, -0.15) is 0 Å². The molecule has 0 aromatic rings. The van der Waals surface area contributed by atoms with Crippen LogP contribution in [0.5, 0.6) is 0 Å². The molecular weight excluding hydrogens is 156 g/mol. The summed E-state index contributed by atoms with van der Waals surface area (Å²) in [6, 6.07) is -0.254. The third kappa shape index (κ3) is 1.11. The van der Waals surface area contributed by atoms with Gasteiger partial charge in [-0.05, 0) is 19.3 Å². The highest BCUT2D eigenvalue weighted by atomic mass is 16.6. The summed E-state index contributed by atoms with van der Waals surface area (Å²) in [6.07, 6.45) is 4.56. The highest BCUT2D eigenvalue weighted by Crippen LogP contribution is 2.34. The maximum Gasteiger partial charge on any atom is 0.325 e. The molecule has 2 rings (SSSR count). The topological polar surface area (TPSA) is 64.3 Å². The Labute approximate surface area is 71.4 Å². The lowest BCUT2D eigenvalue weighted by Crippen LogP contribution is -2.44. The summed E-state index contributed by atoms with van der Waals surface area (Å²) in [4.78, 5) is 11.2. The first-order chi connectivity index (χ1) is 5.83. The van der Waals surface area contributed by atoms with Crippen molar-refractivity contribution in [2.24, 2.45) is 11.8 Å². The molecule has 1 aliphatic carbocycles. The summed E-state index contributed by atoms with van der Waals surface area (Å²) in [5, 5.41) is 0. The Kier molecular flexibility index (Phi) is 2.02. The highest BCUT2D eigenvalue weighted by molar-refractivity contribution is 5.78. The minimum Gasteiger partial charge on any atom is -0.461 e. The molecule has 0 radical (unpaired) electrons. The quantitative estimate of drug-likeness (QED) is 0.328. The van der Waals surface area contributed by atoms with Gasteiger partial charge in [0.1, 0.15) is 12.1 Å². The van der Waals surface area contributed by atoms with Crippen LogP contribution in [0.25, 0.3) is 0 Å². The summed E-state index contributed by atoms with van der Waals surface area (Å²) >= 11 is 0. The van der Waals surface area contributed by atoms with Crippen LogP contribution in [0.3, 0.4) is 0 Å². The monoisotopic (exact) mass is 170 g/mol. The maximum absolute atomic E-state index is 11.2. The van der Waals surface area contributed by atoms with Crippen LogP contribution >= 0.6 is 0 Å². The smallest absolute Gasteiger partial charge is 0.325 e. The second-order valence-electron chi connectivity index (χ2n) is 3.57.